The van der Waals surface area contributed by atoms with E-state index in [9.17, 15) is 5.21 Å². The van der Waals surface area contributed by atoms with Crippen LogP contribution in [-0.4, -0.2) is 27.3 Å². The highest BCUT2D eigenvalue weighted by Gasteiger charge is 2.20. The van der Waals surface area contributed by atoms with Crippen LogP contribution < -0.4 is 0 Å². The summed E-state index contributed by atoms with van der Waals surface area (Å²) in [5.41, 5.74) is 0. The minimum atomic E-state index is 0.0309. The summed E-state index contributed by atoms with van der Waals surface area (Å²) < 4.78 is 0. The van der Waals surface area contributed by atoms with Crippen molar-refractivity contribution in [2.24, 2.45) is 5.28 Å². The van der Waals surface area contributed by atoms with E-state index in [0.717, 1.165) is 0 Å². The molecule has 0 aliphatic carbocycles. The Labute approximate surface area is 66.4 Å². The molecule has 5 heteroatoms. The maximum absolute atomic E-state index is 10.8. The van der Waals surface area contributed by atoms with E-state index in [0.29, 0.717) is 0 Å². The molecular weight excluding hydrogens is 146 g/mol. The Morgan fingerprint density at radius 1 is 1.27 bits per heavy atom. The van der Waals surface area contributed by atoms with Gasteiger partial charge in [-0.15, -0.1) is 5.01 Å². The Bertz CT molecular complexity index is 137. The van der Waals surface area contributed by atoms with E-state index >= 15 is 0 Å². The minimum absolute atomic E-state index is 0.0309. The molecule has 0 aromatic rings. The second-order valence-corrected chi connectivity index (χ2v) is 2.91. The summed E-state index contributed by atoms with van der Waals surface area (Å²) in [5.74, 6) is 0. The van der Waals surface area contributed by atoms with Gasteiger partial charge in [-0.1, -0.05) is 0 Å². The molecule has 0 saturated carbocycles. The van der Waals surface area contributed by atoms with Crippen LogP contribution >= 0.6 is 0 Å². The summed E-state index contributed by atoms with van der Waals surface area (Å²) in [5, 5.41) is 23.0. The third kappa shape index (κ3) is 2.61. The van der Waals surface area contributed by atoms with Crippen LogP contribution in [0, 0.1) is 5.21 Å². The molecule has 1 N–H and O–H groups in total. The van der Waals surface area contributed by atoms with Gasteiger partial charge < -0.3 is 10.4 Å². The fourth-order valence-corrected chi connectivity index (χ4v) is 1.04. The van der Waals surface area contributed by atoms with Crippen molar-refractivity contribution in [1.82, 2.24) is 5.01 Å². The summed E-state index contributed by atoms with van der Waals surface area (Å²) in [4.78, 5) is 0.204. The van der Waals surface area contributed by atoms with Crippen LogP contribution in [0.15, 0.2) is 5.28 Å². The summed E-state index contributed by atoms with van der Waals surface area (Å²) in [6, 6.07) is 0.0619. The van der Waals surface area contributed by atoms with Gasteiger partial charge in [-0.25, -0.2) is 0 Å². The number of rotatable bonds is 3. The first kappa shape index (κ1) is 10.0. The molecule has 0 radical (unpaired) electrons. The zero-order valence-corrected chi connectivity index (χ0v) is 7.35. The van der Waals surface area contributed by atoms with Gasteiger partial charge in [0.05, 0.1) is 17.1 Å². The normalized spacial score (nSPS) is 12.7. The average molecular weight is 161 g/mol. The standard InChI is InChI=1S/C6H15N3O2/c1-5(2)8(6(3)4)9(11)7-10/h5-6,10H,1-4H3. The predicted octanol–water partition coefficient (Wildman–Crippen LogP) is 1.37. The Morgan fingerprint density at radius 2 is 1.64 bits per heavy atom. The Balaban J connectivity index is 4.35. The highest BCUT2D eigenvalue weighted by Crippen LogP contribution is 2.04. The maximum atomic E-state index is 10.8. The Kier molecular flexibility index (Phi) is 3.64. The molecule has 0 unspecified atom stereocenters. The third-order valence-electron chi connectivity index (χ3n) is 1.33. The van der Waals surface area contributed by atoms with Crippen LogP contribution in [0.2, 0.25) is 0 Å². The molecule has 0 rings (SSSR count). The average Bonchev–Trinajstić information content (AvgIpc) is 1.85. The molecule has 0 aliphatic heterocycles. The molecule has 0 fully saturated rings. The zero-order valence-electron chi connectivity index (χ0n) is 7.35. The lowest BCUT2D eigenvalue weighted by molar-refractivity contribution is -0.722. The fourth-order valence-electron chi connectivity index (χ4n) is 1.04. The summed E-state index contributed by atoms with van der Waals surface area (Å²) in [7, 11) is 0. The quantitative estimate of drug-likeness (QED) is 0.386. The van der Waals surface area contributed by atoms with Gasteiger partial charge in [0.15, 0.2) is 0 Å². The third-order valence-corrected chi connectivity index (χ3v) is 1.33. The molecule has 5 nitrogen and oxygen atoms in total. The second kappa shape index (κ2) is 4.00. The topological polar surface area (TPSA) is 61.9 Å². The summed E-state index contributed by atoms with van der Waals surface area (Å²) in [6.45, 7) is 7.43. The first-order valence-corrected chi connectivity index (χ1v) is 3.61. The molecule has 0 spiro atoms. The predicted molar refractivity (Wildman–Crippen MR) is 40.0 cm³/mol. The van der Waals surface area contributed by atoms with E-state index in [2.05, 4.69) is 5.28 Å². The lowest BCUT2D eigenvalue weighted by atomic mass is 10.3. The van der Waals surface area contributed by atoms with Crippen molar-refractivity contribution in [3.8, 4) is 0 Å². The zero-order chi connectivity index (χ0) is 9.02. The molecule has 0 amide bonds. The van der Waals surface area contributed by atoms with E-state index in [4.69, 9.17) is 5.21 Å². The number of hydrogen-bond acceptors (Lipinski definition) is 2. The molecule has 0 bridgehead atoms. The highest BCUT2D eigenvalue weighted by molar-refractivity contribution is 4.55. The van der Waals surface area contributed by atoms with E-state index < -0.39 is 0 Å². The van der Waals surface area contributed by atoms with E-state index in [-0.39, 0.29) is 17.1 Å². The molecule has 0 saturated heterocycles. The van der Waals surface area contributed by atoms with Gasteiger partial charge in [-0.2, -0.15) is 0 Å². The Hall–Kier alpha value is -1.00. The van der Waals surface area contributed by atoms with Crippen molar-refractivity contribution in [2.45, 2.75) is 39.8 Å². The molecule has 0 atom stereocenters. The lowest BCUT2D eigenvalue weighted by Crippen LogP contribution is -2.41. The van der Waals surface area contributed by atoms with Gasteiger partial charge in [0.2, 0.25) is 5.28 Å². The van der Waals surface area contributed by atoms with E-state index in [1.807, 2.05) is 27.7 Å². The van der Waals surface area contributed by atoms with Gasteiger partial charge in [0.1, 0.15) is 0 Å². The Morgan fingerprint density at radius 3 is 1.73 bits per heavy atom. The van der Waals surface area contributed by atoms with Crippen LogP contribution in [-0.2, 0) is 0 Å². The first-order valence-electron chi connectivity index (χ1n) is 3.61. The van der Waals surface area contributed by atoms with Gasteiger partial charge >= 0.3 is 0 Å². The summed E-state index contributed by atoms with van der Waals surface area (Å²) >= 11 is 0. The monoisotopic (exact) mass is 161 g/mol. The first-order chi connectivity index (χ1) is 5.00. The van der Waals surface area contributed by atoms with E-state index in [1.54, 1.807) is 0 Å². The second-order valence-electron chi connectivity index (χ2n) is 2.91. The lowest BCUT2D eigenvalue weighted by Gasteiger charge is -2.24. The van der Waals surface area contributed by atoms with Crippen molar-refractivity contribution in [2.75, 3.05) is 0 Å². The largest absolute Gasteiger partial charge is 0.569 e. The van der Waals surface area contributed by atoms with Crippen LogP contribution in [0.4, 0.5) is 0 Å². The molecule has 0 aliphatic rings. The van der Waals surface area contributed by atoms with Crippen molar-refractivity contribution >= 4 is 0 Å². The number of hydrogen-bond donors (Lipinski definition) is 1. The van der Waals surface area contributed by atoms with Crippen molar-refractivity contribution in [1.29, 1.82) is 0 Å². The SMILES string of the molecule is CC(C)N(C(C)C)[N+]([O-])=NO. The van der Waals surface area contributed by atoms with Crippen LogP contribution in [0.3, 0.4) is 0 Å². The van der Waals surface area contributed by atoms with Crippen LogP contribution in [0.5, 0.6) is 0 Å². The van der Waals surface area contributed by atoms with Gasteiger partial charge in [-0.05, 0) is 27.7 Å². The van der Waals surface area contributed by atoms with Gasteiger partial charge in [0.25, 0.3) is 0 Å². The maximum Gasteiger partial charge on any atom is 0.230 e. The molecule has 0 heterocycles. The smallest absolute Gasteiger partial charge is 0.230 e. The molecule has 0 aromatic carbocycles. The van der Waals surface area contributed by atoms with Crippen molar-refractivity contribution in [3.63, 3.8) is 0 Å². The molecule has 11 heavy (non-hydrogen) atoms. The summed E-state index contributed by atoms with van der Waals surface area (Å²) in [6.07, 6.45) is 0. The number of nitrogens with zero attached hydrogens (tertiary/aromatic N) is 3. The van der Waals surface area contributed by atoms with E-state index in [1.165, 1.54) is 5.01 Å². The van der Waals surface area contributed by atoms with Gasteiger partial charge in [-0.3, -0.25) is 0 Å². The van der Waals surface area contributed by atoms with Crippen molar-refractivity contribution < 1.29 is 10.2 Å². The minimum Gasteiger partial charge on any atom is -0.569 e. The highest BCUT2D eigenvalue weighted by atomic mass is 16.6. The van der Waals surface area contributed by atoms with Crippen LogP contribution in [0.1, 0.15) is 27.7 Å². The van der Waals surface area contributed by atoms with Crippen molar-refractivity contribution in [3.05, 3.63) is 5.21 Å². The fraction of sp³-hybridized carbons (Fsp3) is 1.00. The molecule has 66 valence electrons. The number of hydrazine groups is 1. The van der Waals surface area contributed by atoms with Gasteiger partial charge in [0, 0.05) is 0 Å². The molecular formula is C6H15N3O2. The van der Waals surface area contributed by atoms with Crippen LogP contribution in [0.25, 0.3) is 0 Å². The molecule has 0 aromatic heterocycles.